The van der Waals surface area contributed by atoms with E-state index in [0.717, 1.165) is 18.1 Å². The second-order valence-corrected chi connectivity index (χ2v) is 7.37. The van der Waals surface area contributed by atoms with Crippen LogP contribution in [0.4, 0.5) is 0 Å². The molecule has 0 unspecified atom stereocenters. The second kappa shape index (κ2) is 5.95. The van der Waals surface area contributed by atoms with Crippen LogP contribution < -0.4 is 0 Å². The Hall–Kier alpha value is -1.36. The summed E-state index contributed by atoms with van der Waals surface area (Å²) in [6.45, 7) is 12.1. The number of imidazole rings is 1. The summed E-state index contributed by atoms with van der Waals surface area (Å²) in [5, 5.41) is 0. The largest absolute Gasteiger partial charge is 0.337 e. The molecule has 0 saturated heterocycles. The first kappa shape index (κ1) is 15.0. The van der Waals surface area contributed by atoms with E-state index in [2.05, 4.69) is 32.7 Å². The van der Waals surface area contributed by atoms with Gasteiger partial charge in [-0.1, -0.05) is 27.7 Å². The molecule has 2 rings (SSSR count). The average molecular weight is 293 g/mol. The van der Waals surface area contributed by atoms with Gasteiger partial charge < -0.3 is 4.90 Å². The number of fused-ring (bicyclic) bond motifs is 1. The van der Waals surface area contributed by atoms with Crippen LogP contribution in [0.5, 0.6) is 0 Å². The van der Waals surface area contributed by atoms with Crippen molar-refractivity contribution in [1.82, 2.24) is 14.3 Å². The van der Waals surface area contributed by atoms with E-state index in [1.165, 1.54) is 4.88 Å². The molecule has 0 aliphatic heterocycles. The summed E-state index contributed by atoms with van der Waals surface area (Å²) < 4.78 is 1.94. The number of aryl methyl sites for hydroxylation is 1. The molecule has 2 aromatic heterocycles. The molecule has 2 aromatic rings. The third kappa shape index (κ3) is 3.39. The maximum Gasteiger partial charge on any atom is 0.274 e. The van der Waals surface area contributed by atoms with Crippen molar-refractivity contribution in [2.45, 2.75) is 34.6 Å². The van der Waals surface area contributed by atoms with Crippen molar-refractivity contribution >= 4 is 22.2 Å². The standard InChI is InChI=1S/C15H23N3OS/c1-10(2)6-17(7-11(3)4)14(19)13-9-18-8-12(5)20-15(18)16-13/h8-11H,6-7H2,1-5H3. The Balaban J connectivity index is 2.22. The van der Waals surface area contributed by atoms with E-state index in [4.69, 9.17) is 0 Å². The number of hydrogen-bond donors (Lipinski definition) is 0. The maximum absolute atomic E-state index is 12.6. The number of nitrogens with zero attached hydrogens (tertiary/aromatic N) is 3. The molecule has 5 heteroatoms. The van der Waals surface area contributed by atoms with Crippen LogP contribution in [-0.2, 0) is 0 Å². The molecule has 110 valence electrons. The van der Waals surface area contributed by atoms with E-state index in [1.807, 2.05) is 28.6 Å². The zero-order valence-corrected chi connectivity index (χ0v) is 13.7. The van der Waals surface area contributed by atoms with E-state index < -0.39 is 0 Å². The lowest BCUT2D eigenvalue weighted by Gasteiger charge is -2.25. The lowest BCUT2D eigenvalue weighted by atomic mass is 10.1. The van der Waals surface area contributed by atoms with Crippen LogP contribution in [0.15, 0.2) is 12.4 Å². The molecule has 0 aromatic carbocycles. The van der Waals surface area contributed by atoms with Gasteiger partial charge in [0.15, 0.2) is 4.96 Å². The van der Waals surface area contributed by atoms with Crippen molar-refractivity contribution in [3.05, 3.63) is 23.0 Å². The predicted octanol–water partition coefficient (Wildman–Crippen LogP) is 3.46. The monoisotopic (exact) mass is 293 g/mol. The van der Waals surface area contributed by atoms with Crippen molar-refractivity contribution in [1.29, 1.82) is 0 Å². The van der Waals surface area contributed by atoms with Gasteiger partial charge in [0.2, 0.25) is 0 Å². The van der Waals surface area contributed by atoms with E-state index in [1.54, 1.807) is 11.3 Å². The zero-order chi connectivity index (χ0) is 14.9. The summed E-state index contributed by atoms with van der Waals surface area (Å²) in [7, 11) is 0. The molecule has 0 aliphatic carbocycles. The molecule has 0 saturated carbocycles. The Bertz CT molecular complexity index is 556. The number of thiazole rings is 1. The number of carbonyl (C=O) groups is 1. The Labute approximate surface area is 124 Å². The van der Waals surface area contributed by atoms with Crippen LogP contribution in [0.3, 0.4) is 0 Å². The van der Waals surface area contributed by atoms with Gasteiger partial charge in [0.1, 0.15) is 5.69 Å². The highest BCUT2D eigenvalue weighted by atomic mass is 32.1. The fraction of sp³-hybridized carbons (Fsp3) is 0.600. The molecule has 0 radical (unpaired) electrons. The average Bonchev–Trinajstić information content (AvgIpc) is 2.82. The second-order valence-electron chi connectivity index (χ2n) is 6.16. The molecule has 0 fully saturated rings. The summed E-state index contributed by atoms with van der Waals surface area (Å²) in [6.07, 6.45) is 3.85. The molecule has 4 nitrogen and oxygen atoms in total. The first-order valence-electron chi connectivity index (χ1n) is 7.11. The number of aromatic nitrogens is 2. The molecule has 0 aliphatic rings. The van der Waals surface area contributed by atoms with Gasteiger partial charge in [0.05, 0.1) is 0 Å². The minimum atomic E-state index is 0.0425. The van der Waals surface area contributed by atoms with Crippen molar-refractivity contribution < 1.29 is 4.79 Å². The first-order valence-corrected chi connectivity index (χ1v) is 7.93. The van der Waals surface area contributed by atoms with E-state index >= 15 is 0 Å². The fourth-order valence-electron chi connectivity index (χ4n) is 2.30. The third-order valence-electron chi connectivity index (χ3n) is 2.95. The molecule has 20 heavy (non-hydrogen) atoms. The summed E-state index contributed by atoms with van der Waals surface area (Å²) in [4.78, 5) is 21.1. The Morgan fingerprint density at radius 3 is 2.35 bits per heavy atom. The smallest absolute Gasteiger partial charge is 0.274 e. The first-order chi connectivity index (χ1) is 9.36. The highest BCUT2D eigenvalue weighted by Gasteiger charge is 2.21. The zero-order valence-electron chi connectivity index (χ0n) is 12.9. The van der Waals surface area contributed by atoms with Crippen LogP contribution in [0.1, 0.15) is 43.1 Å². The van der Waals surface area contributed by atoms with Crippen LogP contribution >= 0.6 is 11.3 Å². The molecule has 2 heterocycles. The van der Waals surface area contributed by atoms with Gasteiger partial charge in [0.25, 0.3) is 5.91 Å². The third-order valence-corrected chi connectivity index (χ3v) is 3.86. The number of amides is 1. The van der Waals surface area contributed by atoms with Gasteiger partial charge in [-0.2, -0.15) is 0 Å². The van der Waals surface area contributed by atoms with Gasteiger partial charge in [-0.25, -0.2) is 4.98 Å². The Morgan fingerprint density at radius 2 is 1.85 bits per heavy atom. The van der Waals surface area contributed by atoms with E-state index in [9.17, 15) is 4.79 Å². The van der Waals surface area contributed by atoms with Crippen molar-refractivity contribution in [3.8, 4) is 0 Å². The highest BCUT2D eigenvalue weighted by Crippen LogP contribution is 2.18. The lowest BCUT2D eigenvalue weighted by Crippen LogP contribution is -2.37. The summed E-state index contributed by atoms with van der Waals surface area (Å²) >= 11 is 1.61. The van der Waals surface area contributed by atoms with E-state index in [-0.39, 0.29) is 5.91 Å². The van der Waals surface area contributed by atoms with Crippen LogP contribution in [-0.4, -0.2) is 33.3 Å². The maximum atomic E-state index is 12.6. The van der Waals surface area contributed by atoms with Crippen molar-refractivity contribution in [2.24, 2.45) is 11.8 Å². The van der Waals surface area contributed by atoms with Gasteiger partial charge in [-0.15, -0.1) is 11.3 Å². The highest BCUT2D eigenvalue weighted by molar-refractivity contribution is 7.17. The molecular weight excluding hydrogens is 270 g/mol. The van der Waals surface area contributed by atoms with Gasteiger partial charge in [-0.05, 0) is 18.8 Å². The van der Waals surface area contributed by atoms with Crippen LogP contribution in [0.25, 0.3) is 4.96 Å². The molecular formula is C15H23N3OS. The van der Waals surface area contributed by atoms with Crippen molar-refractivity contribution in [3.63, 3.8) is 0 Å². The summed E-state index contributed by atoms with van der Waals surface area (Å²) in [6, 6.07) is 0. The van der Waals surface area contributed by atoms with Crippen LogP contribution in [0, 0.1) is 18.8 Å². The van der Waals surface area contributed by atoms with Crippen molar-refractivity contribution in [2.75, 3.05) is 13.1 Å². The number of rotatable bonds is 5. The normalized spacial score (nSPS) is 11.8. The Kier molecular flexibility index (Phi) is 4.48. The fourth-order valence-corrected chi connectivity index (χ4v) is 3.11. The minimum Gasteiger partial charge on any atom is -0.337 e. The number of hydrogen-bond acceptors (Lipinski definition) is 3. The molecule has 0 bridgehead atoms. The van der Waals surface area contributed by atoms with E-state index in [0.29, 0.717) is 17.5 Å². The molecule has 1 amide bonds. The molecule has 0 atom stereocenters. The lowest BCUT2D eigenvalue weighted by molar-refractivity contribution is 0.0710. The van der Waals surface area contributed by atoms with Crippen LogP contribution in [0.2, 0.25) is 0 Å². The van der Waals surface area contributed by atoms with Gasteiger partial charge in [0, 0.05) is 30.4 Å². The number of carbonyl (C=O) groups excluding carboxylic acids is 1. The van der Waals surface area contributed by atoms with Gasteiger partial charge in [-0.3, -0.25) is 9.20 Å². The topological polar surface area (TPSA) is 37.6 Å². The summed E-state index contributed by atoms with van der Waals surface area (Å²) in [5.74, 6) is 0.966. The Morgan fingerprint density at radius 1 is 1.25 bits per heavy atom. The molecule has 0 N–H and O–H groups in total. The molecule has 0 spiro atoms. The quantitative estimate of drug-likeness (QED) is 0.846. The minimum absolute atomic E-state index is 0.0425. The summed E-state index contributed by atoms with van der Waals surface area (Å²) in [5.41, 5.74) is 0.553. The predicted molar refractivity (Wildman–Crippen MR) is 83.4 cm³/mol. The SMILES string of the molecule is Cc1cn2cc(C(=O)N(CC(C)C)CC(C)C)nc2s1. The van der Waals surface area contributed by atoms with Gasteiger partial charge >= 0.3 is 0 Å².